The van der Waals surface area contributed by atoms with E-state index >= 15 is 9.59 Å². The minimum Gasteiger partial charge on any atom is -0.497 e. The van der Waals surface area contributed by atoms with Crippen molar-refractivity contribution in [1.82, 2.24) is 9.80 Å². The van der Waals surface area contributed by atoms with Gasteiger partial charge in [0.15, 0.2) is 31.2 Å². The highest BCUT2D eigenvalue weighted by Crippen LogP contribution is 2.44. The van der Waals surface area contributed by atoms with E-state index in [0.29, 0.717) is 33.9 Å². The third-order valence-corrected chi connectivity index (χ3v) is 18.3. The second-order valence-corrected chi connectivity index (χ2v) is 24.6. The molecule has 16 atom stereocenters. The molecule has 4 saturated heterocycles. The predicted molar refractivity (Wildman–Crippen MR) is 357 cm³/mol. The lowest BCUT2D eigenvalue weighted by atomic mass is 9.92. The topological polar surface area (TPSA) is 293 Å². The van der Waals surface area contributed by atoms with Crippen LogP contribution in [0.1, 0.15) is 70.0 Å². The molecule has 2 N–H and O–H groups in total. The average molecular weight is 1370 g/mol. The molecule has 0 aliphatic carbocycles. The molecular weight excluding hydrogens is 1300 g/mol. The Balaban J connectivity index is 0.919. The maximum atomic E-state index is 15.7. The highest BCUT2D eigenvalue weighted by molar-refractivity contribution is 6.22. The number of rotatable bonds is 24. The number of carbonyl (C=O) groups excluding carboxylic acids is 5. The molecule has 0 bridgehead atoms. The van der Waals surface area contributed by atoms with Gasteiger partial charge >= 0.3 is 6.09 Å². The van der Waals surface area contributed by atoms with Crippen molar-refractivity contribution in [2.75, 3.05) is 32.2 Å². The first-order valence-electron chi connectivity index (χ1n) is 33.0. The number of nitrogens with zero attached hydrogens (tertiary/aromatic N) is 5. The molecule has 0 spiro atoms. The lowest BCUT2D eigenvalue weighted by molar-refractivity contribution is -0.387. The van der Waals surface area contributed by atoms with Gasteiger partial charge in [-0.2, -0.15) is 0 Å². The Hall–Kier alpha value is -10.2. The lowest BCUT2D eigenvalue weighted by Gasteiger charge is -2.53. The number of ether oxygens (including phenoxy) is 13. The molecule has 101 heavy (non-hydrogen) atoms. The van der Waals surface area contributed by atoms with Crippen molar-refractivity contribution in [3.63, 3.8) is 0 Å². The highest BCUT2D eigenvalue weighted by atomic mass is 16.8. The van der Waals surface area contributed by atoms with Crippen molar-refractivity contribution < 1.29 is 90.7 Å². The molecule has 518 valence electrons. The number of amides is 5. The summed E-state index contributed by atoms with van der Waals surface area (Å²) in [6, 6.07) is 60.7. The van der Waals surface area contributed by atoms with Gasteiger partial charge in [0.2, 0.25) is 0 Å². The lowest BCUT2D eigenvalue weighted by Crippen LogP contribution is -2.71. The van der Waals surface area contributed by atoms with Crippen LogP contribution in [0.3, 0.4) is 0 Å². The summed E-state index contributed by atoms with van der Waals surface area (Å²) in [4.78, 5) is 80.7. The molecule has 8 aromatic rings. The number of benzene rings is 8. The van der Waals surface area contributed by atoms with Crippen molar-refractivity contribution in [1.29, 1.82) is 0 Å². The first kappa shape index (κ1) is 67.9. The largest absolute Gasteiger partial charge is 0.497 e. The SMILES string of the molecule is COc1ccc(OC[C@H]2O[C@@H](N=[N+]=[N-])[C@H](N3C(=O)c4ccccc4C3=O)[C@@H](OCc3ccccc3)[C@@H]2O[C@@H]2O[C@H](COCc3ccccc3)[C@@H](O[C@@H]3O[C@@H]4CO[C@@H](c5ccccc5)O[C@H]4[C@H](O)[C@H]3OC(=O)Nc3ccccc3)[C@H](OCc3ccccc3)[C@H]2N2C(=O)c3ccccc3C2=O)cc1. The number of nitrogens with one attached hydrogen (secondary N) is 1. The van der Waals surface area contributed by atoms with Crippen LogP contribution < -0.4 is 14.8 Å². The minimum absolute atomic E-state index is 0.000759. The van der Waals surface area contributed by atoms with E-state index in [1.165, 1.54) is 31.4 Å². The number of aliphatic hydroxyl groups excluding tert-OH is 1. The molecule has 25 nitrogen and oxygen atoms in total. The summed E-state index contributed by atoms with van der Waals surface area (Å²) in [5, 5.41) is 19.6. The van der Waals surface area contributed by atoms with Crippen LogP contribution in [0.5, 0.6) is 11.5 Å². The number of hydrogen-bond donors (Lipinski definition) is 2. The summed E-state index contributed by atoms with van der Waals surface area (Å²) in [6.07, 6.45) is -22.2. The normalized spacial score (nSPS) is 27.5. The van der Waals surface area contributed by atoms with Gasteiger partial charge in [-0.25, -0.2) is 4.79 Å². The van der Waals surface area contributed by atoms with E-state index in [9.17, 15) is 25.0 Å². The van der Waals surface area contributed by atoms with Crippen LogP contribution in [0.25, 0.3) is 10.4 Å². The second kappa shape index (κ2) is 31.1. The van der Waals surface area contributed by atoms with E-state index in [0.717, 1.165) is 15.4 Å². The Morgan fingerprint density at radius 3 is 1.55 bits per heavy atom. The summed E-state index contributed by atoms with van der Waals surface area (Å²) < 4.78 is 87.7. The Bertz CT molecular complexity index is 4170. The number of methoxy groups -OCH3 is 1. The molecule has 0 aromatic heterocycles. The molecule has 4 fully saturated rings. The molecule has 6 aliphatic rings. The Kier molecular flexibility index (Phi) is 20.9. The zero-order valence-corrected chi connectivity index (χ0v) is 54.4. The van der Waals surface area contributed by atoms with Crippen LogP contribution in [0, 0.1) is 0 Å². The summed E-state index contributed by atoms with van der Waals surface area (Å²) in [7, 11) is 1.52. The first-order chi connectivity index (χ1) is 49.5. The Morgan fingerprint density at radius 2 is 1.01 bits per heavy atom. The number of imide groups is 2. The van der Waals surface area contributed by atoms with Crippen LogP contribution in [0.4, 0.5) is 10.5 Å². The number of fused-ring (bicyclic) bond motifs is 3. The van der Waals surface area contributed by atoms with Gasteiger partial charge < -0.3 is 66.7 Å². The highest BCUT2D eigenvalue weighted by Gasteiger charge is 2.62. The molecule has 0 radical (unpaired) electrons. The molecule has 0 saturated carbocycles. The van der Waals surface area contributed by atoms with Gasteiger partial charge in [-0.1, -0.05) is 169 Å². The van der Waals surface area contributed by atoms with Crippen molar-refractivity contribution in [3.05, 3.63) is 279 Å². The van der Waals surface area contributed by atoms with E-state index < -0.39 is 135 Å². The average Bonchev–Trinajstić information content (AvgIpc) is 1.69. The van der Waals surface area contributed by atoms with E-state index in [-0.39, 0.29) is 55.3 Å². The number of hydrogen-bond acceptors (Lipinski definition) is 20. The fourth-order valence-corrected chi connectivity index (χ4v) is 13.5. The zero-order chi connectivity index (χ0) is 69.3. The van der Waals surface area contributed by atoms with Crippen LogP contribution >= 0.6 is 0 Å². The number of azide groups is 1. The van der Waals surface area contributed by atoms with Crippen LogP contribution in [-0.4, -0.2) is 163 Å². The third-order valence-electron chi connectivity index (χ3n) is 18.3. The van der Waals surface area contributed by atoms with E-state index in [1.54, 1.807) is 127 Å². The van der Waals surface area contributed by atoms with Crippen LogP contribution in [0.2, 0.25) is 0 Å². The van der Waals surface area contributed by atoms with E-state index in [4.69, 9.17) is 61.6 Å². The van der Waals surface area contributed by atoms with Gasteiger partial charge in [0.25, 0.3) is 23.6 Å². The van der Waals surface area contributed by atoms with Crippen molar-refractivity contribution in [3.8, 4) is 11.5 Å². The maximum absolute atomic E-state index is 15.7. The first-order valence-corrected chi connectivity index (χ1v) is 33.0. The molecule has 0 unspecified atom stereocenters. The van der Waals surface area contributed by atoms with Gasteiger partial charge in [-0.05, 0) is 82.9 Å². The van der Waals surface area contributed by atoms with Crippen LogP contribution in [0.15, 0.2) is 230 Å². The van der Waals surface area contributed by atoms with E-state index in [1.807, 2.05) is 72.8 Å². The van der Waals surface area contributed by atoms with Crippen molar-refractivity contribution >= 4 is 35.4 Å². The predicted octanol–water partition coefficient (Wildman–Crippen LogP) is 10.1. The van der Waals surface area contributed by atoms with Gasteiger partial charge in [0, 0.05) is 16.2 Å². The molecule has 6 aliphatic heterocycles. The number of anilines is 1. The second-order valence-electron chi connectivity index (χ2n) is 24.6. The molecular formula is C76H70N6O19. The number of carbonyl (C=O) groups is 5. The smallest absolute Gasteiger partial charge is 0.412 e. The third kappa shape index (κ3) is 14.7. The van der Waals surface area contributed by atoms with Gasteiger partial charge in [-0.3, -0.25) is 34.3 Å². The Labute approximate surface area is 579 Å². The zero-order valence-electron chi connectivity index (χ0n) is 54.4. The summed E-state index contributed by atoms with van der Waals surface area (Å²) in [5.74, 6) is -2.26. The van der Waals surface area contributed by atoms with Gasteiger partial charge in [0.1, 0.15) is 85.1 Å². The van der Waals surface area contributed by atoms with Gasteiger partial charge in [0.05, 0.1) is 62.4 Å². The molecule has 8 aromatic carbocycles. The Morgan fingerprint density at radius 1 is 0.535 bits per heavy atom. The molecule has 25 heteroatoms. The number of para-hydroxylation sites is 1. The van der Waals surface area contributed by atoms with Crippen molar-refractivity contribution in [2.45, 2.75) is 118 Å². The fraction of sp³-hybridized carbons (Fsp3) is 0.303. The standard InChI is InChI=1S/C76H70N6O19/c1-89-50-35-37-51(38-36-50)91-43-58-64(65(92-40-46-23-9-3-10-24-46)59(68(95-58)79-80-77)81-69(84)52-31-17-18-32-53(52)70(81)85)99-74-60(82-71(86)54-33-19-20-34-55(54)72(82)87)66(93-41-47-25-11-4-12-26-47)63(56(96-74)42-90-39-45-21-7-2-8-22-45)100-75-67(101-76(88)78-49-29-15-6-16-30-49)61(83)62-57(97-75)44-94-73(98-62)48-27-13-5-14-28-48/h2-38,56-68,73-75,83H,39-44H2,1H3,(H,78,88)/t56-,57-,58-,59-,60-,61+,62-,63-,64-,65-,66-,67-,68-,73-,74+,75+/m1/s1. The molecule has 5 amide bonds. The fourth-order valence-electron chi connectivity index (χ4n) is 13.5. The van der Waals surface area contributed by atoms with Gasteiger partial charge in [-0.15, -0.1) is 0 Å². The molecule has 6 heterocycles. The summed E-state index contributed by atoms with van der Waals surface area (Å²) in [5.41, 5.74) is 13.6. The van der Waals surface area contributed by atoms with Crippen molar-refractivity contribution in [2.24, 2.45) is 5.11 Å². The van der Waals surface area contributed by atoms with E-state index in [2.05, 4.69) is 15.3 Å². The summed E-state index contributed by atoms with van der Waals surface area (Å²) >= 11 is 0. The maximum Gasteiger partial charge on any atom is 0.412 e. The number of aliphatic hydroxyl groups is 1. The summed E-state index contributed by atoms with van der Waals surface area (Å²) in [6.45, 7) is -1.36. The molecule has 14 rings (SSSR count). The quantitative estimate of drug-likeness (QED) is 0.0246. The van der Waals surface area contributed by atoms with Crippen LogP contribution in [-0.2, 0) is 71.9 Å². The minimum atomic E-state index is -1.89. The monoisotopic (exact) mass is 1370 g/mol.